The van der Waals surface area contributed by atoms with Crippen molar-refractivity contribution in [3.63, 3.8) is 0 Å². The molecular formula is C14H19N5O2S2. The zero-order valence-electron chi connectivity index (χ0n) is 12.8. The monoisotopic (exact) mass is 353 g/mol. The Morgan fingerprint density at radius 1 is 1.65 bits per heavy atom. The van der Waals surface area contributed by atoms with Crippen LogP contribution in [0, 0.1) is 0 Å². The summed E-state index contributed by atoms with van der Waals surface area (Å²) in [5.41, 5.74) is 0. The van der Waals surface area contributed by atoms with Crippen LogP contribution < -0.4 is 11.2 Å². The van der Waals surface area contributed by atoms with Gasteiger partial charge in [-0.15, -0.1) is 21.5 Å². The van der Waals surface area contributed by atoms with Crippen molar-refractivity contribution >= 4 is 29.0 Å². The predicted octanol–water partition coefficient (Wildman–Crippen LogP) is 1.50. The minimum atomic E-state index is -0.306. The van der Waals surface area contributed by atoms with Gasteiger partial charge in [-0.25, -0.2) is 4.68 Å². The second-order valence-corrected chi connectivity index (χ2v) is 7.55. The molecule has 3 heterocycles. The summed E-state index contributed by atoms with van der Waals surface area (Å²) in [6.45, 7) is 3.17. The number of hydrogen-bond donors (Lipinski definition) is 2. The van der Waals surface area contributed by atoms with E-state index in [0.717, 1.165) is 24.3 Å². The summed E-state index contributed by atoms with van der Waals surface area (Å²) < 4.78 is 6.93. The third-order valence-electron chi connectivity index (χ3n) is 3.59. The zero-order chi connectivity index (χ0) is 16.2. The van der Waals surface area contributed by atoms with Gasteiger partial charge in [0.1, 0.15) is 0 Å². The number of nitrogens with zero attached hydrogens (tertiary/aromatic N) is 3. The Morgan fingerprint density at radius 2 is 2.52 bits per heavy atom. The summed E-state index contributed by atoms with van der Waals surface area (Å²) in [7, 11) is 0. The van der Waals surface area contributed by atoms with Crippen molar-refractivity contribution in [3.05, 3.63) is 17.5 Å². The lowest BCUT2D eigenvalue weighted by Crippen LogP contribution is -2.36. The first-order valence-corrected chi connectivity index (χ1v) is 9.21. The van der Waals surface area contributed by atoms with E-state index in [0.29, 0.717) is 17.5 Å². The van der Waals surface area contributed by atoms with Crippen molar-refractivity contribution in [1.29, 1.82) is 0 Å². The van der Waals surface area contributed by atoms with Crippen molar-refractivity contribution in [2.75, 3.05) is 19.0 Å². The maximum absolute atomic E-state index is 12.2. The Labute approximate surface area is 142 Å². The molecule has 2 aromatic rings. The molecule has 0 spiro atoms. The van der Waals surface area contributed by atoms with E-state index in [2.05, 4.69) is 15.5 Å². The molecule has 2 aromatic heterocycles. The highest BCUT2D eigenvalue weighted by atomic mass is 32.2. The summed E-state index contributed by atoms with van der Waals surface area (Å²) in [6.07, 6.45) is 2.20. The second-order valence-electron chi connectivity index (χ2n) is 5.29. The lowest BCUT2D eigenvalue weighted by molar-refractivity contribution is -0.120. The molecule has 1 fully saturated rings. The van der Waals surface area contributed by atoms with Crippen LogP contribution in [0.25, 0.3) is 10.7 Å². The first kappa shape index (κ1) is 16.3. The topological polar surface area (TPSA) is 95.1 Å². The van der Waals surface area contributed by atoms with Crippen LogP contribution in [0.5, 0.6) is 0 Å². The number of nitrogen functional groups attached to an aromatic ring is 1. The van der Waals surface area contributed by atoms with Gasteiger partial charge in [0, 0.05) is 13.2 Å². The van der Waals surface area contributed by atoms with Crippen molar-refractivity contribution in [2.24, 2.45) is 0 Å². The Hall–Kier alpha value is -1.58. The highest BCUT2D eigenvalue weighted by Gasteiger charge is 2.22. The summed E-state index contributed by atoms with van der Waals surface area (Å²) in [5.74, 6) is 6.60. The third-order valence-corrected chi connectivity index (χ3v) is 5.51. The SMILES string of the molecule is C[C@@H](Sc1nnc(-c2cccs2)n1N)C(=O)NC[C@H]1CCCO1. The highest BCUT2D eigenvalue weighted by Crippen LogP contribution is 2.27. The van der Waals surface area contributed by atoms with E-state index in [9.17, 15) is 4.79 Å². The molecule has 0 saturated carbocycles. The fourth-order valence-electron chi connectivity index (χ4n) is 2.31. The van der Waals surface area contributed by atoms with Crippen LogP contribution in [0.4, 0.5) is 0 Å². The Kier molecular flexibility index (Phi) is 5.19. The van der Waals surface area contributed by atoms with E-state index in [1.165, 1.54) is 16.4 Å². The van der Waals surface area contributed by atoms with Crippen LogP contribution in [-0.4, -0.2) is 45.3 Å². The fourth-order valence-corrected chi connectivity index (χ4v) is 3.81. The molecule has 7 nitrogen and oxygen atoms in total. The van der Waals surface area contributed by atoms with Crippen LogP contribution in [0.3, 0.4) is 0 Å². The van der Waals surface area contributed by atoms with Crippen LogP contribution in [0.2, 0.25) is 0 Å². The number of ether oxygens (including phenoxy) is 1. The predicted molar refractivity (Wildman–Crippen MR) is 90.8 cm³/mol. The number of thiophene rings is 1. The van der Waals surface area contributed by atoms with E-state index in [-0.39, 0.29) is 17.3 Å². The molecule has 1 saturated heterocycles. The van der Waals surface area contributed by atoms with Crippen LogP contribution in [0.1, 0.15) is 19.8 Å². The molecule has 3 rings (SSSR count). The average molecular weight is 353 g/mol. The first-order chi connectivity index (χ1) is 11.1. The Morgan fingerprint density at radius 3 is 3.22 bits per heavy atom. The third kappa shape index (κ3) is 3.85. The molecule has 0 aromatic carbocycles. The molecule has 2 atom stereocenters. The summed E-state index contributed by atoms with van der Waals surface area (Å²) in [5, 5.41) is 13.3. The van der Waals surface area contributed by atoms with Crippen molar-refractivity contribution < 1.29 is 9.53 Å². The molecule has 1 aliphatic rings. The number of nitrogens with two attached hydrogens (primary N) is 1. The highest BCUT2D eigenvalue weighted by molar-refractivity contribution is 8.00. The quantitative estimate of drug-likeness (QED) is 0.604. The molecule has 1 amide bonds. The fraction of sp³-hybridized carbons (Fsp3) is 0.500. The number of hydrogen-bond acceptors (Lipinski definition) is 7. The number of nitrogens with one attached hydrogen (secondary N) is 1. The smallest absolute Gasteiger partial charge is 0.233 e. The van der Waals surface area contributed by atoms with Gasteiger partial charge < -0.3 is 15.9 Å². The van der Waals surface area contributed by atoms with Crippen molar-refractivity contribution in [1.82, 2.24) is 20.2 Å². The van der Waals surface area contributed by atoms with Crippen LogP contribution >= 0.6 is 23.1 Å². The number of aromatic nitrogens is 3. The summed E-state index contributed by atoms with van der Waals surface area (Å²) in [4.78, 5) is 13.1. The molecule has 124 valence electrons. The van der Waals surface area contributed by atoms with E-state index in [4.69, 9.17) is 10.6 Å². The van der Waals surface area contributed by atoms with Gasteiger partial charge >= 0.3 is 0 Å². The van der Waals surface area contributed by atoms with Gasteiger partial charge in [-0.2, -0.15) is 0 Å². The van der Waals surface area contributed by atoms with E-state index in [1.54, 1.807) is 11.3 Å². The van der Waals surface area contributed by atoms with Gasteiger partial charge in [-0.1, -0.05) is 17.8 Å². The summed E-state index contributed by atoms with van der Waals surface area (Å²) >= 11 is 2.84. The number of amides is 1. The number of carbonyl (C=O) groups excluding carboxylic acids is 1. The van der Waals surface area contributed by atoms with Gasteiger partial charge in [0.25, 0.3) is 0 Å². The standard InChI is InChI=1S/C14H19N5O2S2/c1-9(13(20)16-8-10-4-2-6-21-10)23-14-18-17-12(19(14)15)11-5-3-7-22-11/h3,5,7,9-10H,2,4,6,8,15H2,1H3,(H,16,20)/t9-,10-/m1/s1. The van der Waals surface area contributed by atoms with Crippen LogP contribution in [0.15, 0.2) is 22.7 Å². The maximum Gasteiger partial charge on any atom is 0.233 e. The van der Waals surface area contributed by atoms with Gasteiger partial charge in [0.2, 0.25) is 11.1 Å². The number of thioether (sulfide) groups is 1. The molecule has 1 aliphatic heterocycles. The Bertz CT molecular complexity index is 652. The number of carbonyl (C=O) groups is 1. The molecule has 9 heteroatoms. The van der Waals surface area contributed by atoms with Crippen molar-refractivity contribution in [3.8, 4) is 10.7 Å². The maximum atomic E-state index is 12.2. The molecular weight excluding hydrogens is 334 g/mol. The molecule has 0 unspecified atom stereocenters. The molecule has 0 radical (unpaired) electrons. The molecule has 3 N–H and O–H groups in total. The summed E-state index contributed by atoms with van der Waals surface area (Å²) in [6, 6.07) is 3.87. The minimum Gasteiger partial charge on any atom is -0.376 e. The van der Waals surface area contributed by atoms with Crippen LogP contribution in [-0.2, 0) is 9.53 Å². The van der Waals surface area contributed by atoms with E-state index >= 15 is 0 Å². The van der Waals surface area contributed by atoms with E-state index < -0.39 is 0 Å². The largest absolute Gasteiger partial charge is 0.376 e. The Balaban J connectivity index is 1.57. The van der Waals surface area contributed by atoms with Gasteiger partial charge in [0.05, 0.1) is 16.2 Å². The lowest BCUT2D eigenvalue weighted by atomic mass is 10.2. The lowest BCUT2D eigenvalue weighted by Gasteiger charge is -2.14. The van der Waals surface area contributed by atoms with Crippen molar-refractivity contribution in [2.45, 2.75) is 36.3 Å². The average Bonchev–Trinajstić information content (AvgIpc) is 3.27. The normalized spacial score (nSPS) is 18.9. The second kappa shape index (κ2) is 7.33. The van der Waals surface area contributed by atoms with E-state index in [1.807, 2.05) is 24.4 Å². The number of rotatable bonds is 6. The molecule has 0 bridgehead atoms. The molecule has 23 heavy (non-hydrogen) atoms. The minimum absolute atomic E-state index is 0.0498. The van der Waals surface area contributed by atoms with Gasteiger partial charge in [-0.3, -0.25) is 4.79 Å². The van der Waals surface area contributed by atoms with Gasteiger partial charge in [-0.05, 0) is 31.2 Å². The zero-order valence-corrected chi connectivity index (χ0v) is 14.4. The molecule has 0 aliphatic carbocycles. The first-order valence-electron chi connectivity index (χ1n) is 7.45. The van der Waals surface area contributed by atoms with Gasteiger partial charge in [0.15, 0.2) is 5.82 Å².